The minimum absolute atomic E-state index is 0.194. The van der Waals surface area contributed by atoms with Crippen LogP contribution in [0.2, 0.25) is 0 Å². The Kier molecular flexibility index (Phi) is 4.01. The van der Waals surface area contributed by atoms with E-state index < -0.39 is 0 Å². The predicted octanol–water partition coefficient (Wildman–Crippen LogP) is -0.769. The molecule has 2 saturated heterocycles. The molecule has 5 nitrogen and oxygen atoms in total. The van der Waals surface area contributed by atoms with Gasteiger partial charge in [-0.1, -0.05) is 0 Å². The molecule has 2 heterocycles. The Morgan fingerprint density at radius 1 is 1.35 bits per heavy atom. The average molecular weight is 240 g/mol. The molecule has 5 heteroatoms. The minimum atomic E-state index is -0.194. The number of piperazine rings is 1. The van der Waals surface area contributed by atoms with Crippen LogP contribution >= 0.6 is 0 Å². The van der Waals surface area contributed by atoms with E-state index in [-0.39, 0.29) is 11.4 Å². The molecular formula is C12H24N4O. The van der Waals surface area contributed by atoms with Crippen molar-refractivity contribution in [3.05, 3.63) is 0 Å². The van der Waals surface area contributed by atoms with Crippen molar-refractivity contribution in [2.45, 2.75) is 24.8 Å². The molecule has 0 aromatic rings. The quantitative estimate of drug-likeness (QED) is 0.680. The maximum atomic E-state index is 10.8. The van der Waals surface area contributed by atoms with Gasteiger partial charge >= 0.3 is 0 Å². The Morgan fingerprint density at radius 3 is 2.71 bits per heavy atom. The third-order valence-electron chi connectivity index (χ3n) is 4.07. The molecule has 0 aliphatic carbocycles. The SMILES string of the molecule is CN1CCC2(CC1)CN(CCC(N)=O)CCN2. The van der Waals surface area contributed by atoms with Crippen molar-refractivity contribution in [1.29, 1.82) is 0 Å². The topological polar surface area (TPSA) is 61.6 Å². The zero-order valence-corrected chi connectivity index (χ0v) is 10.7. The van der Waals surface area contributed by atoms with Gasteiger partial charge in [0.15, 0.2) is 0 Å². The standard InChI is InChI=1S/C12H24N4O/c1-15-7-3-12(4-8-15)10-16(9-5-14-12)6-2-11(13)17/h14H,2-10H2,1H3,(H2,13,17). The number of hydrogen-bond donors (Lipinski definition) is 2. The molecule has 0 radical (unpaired) electrons. The predicted molar refractivity (Wildman–Crippen MR) is 67.7 cm³/mol. The van der Waals surface area contributed by atoms with Gasteiger partial charge in [0.1, 0.15) is 0 Å². The molecule has 0 aromatic carbocycles. The number of amides is 1. The number of likely N-dealkylation sites (tertiary alicyclic amines) is 1. The first-order valence-electron chi connectivity index (χ1n) is 6.54. The smallest absolute Gasteiger partial charge is 0.218 e. The lowest BCUT2D eigenvalue weighted by Gasteiger charge is -2.47. The van der Waals surface area contributed by atoms with E-state index in [1.54, 1.807) is 0 Å². The number of nitrogens with one attached hydrogen (secondary N) is 1. The summed E-state index contributed by atoms with van der Waals surface area (Å²) in [4.78, 5) is 15.6. The summed E-state index contributed by atoms with van der Waals surface area (Å²) >= 11 is 0. The lowest BCUT2D eigenvalue weighted by molar-refractivity contribution is -0.118. The molecule has 2 rings (SSSR count). The number of piperidine rings is 1. The van der Waals surface area contributed by atoms with E-state index in [0.29, 0.717) is 6.42 Å². The molecule has 2 aliphatic rings. The average Bonchev–Trinajstić information content (AvgIpc) is 2.31. The zero-order chi connectivity index (χ0) is 12.3. The molecule has 1 amide bonds. The number of carbonyl (C=O) groups excluding carboxylic acids is 1. The van der Waals surface area contributed by atoms with Gasteiger partial charge < -0.3 is 16.0 Å². The van der Waals surface area contributed by atoms with Crippen LogP contribution in [0.15, 0.2) is 0 Å². The highest BCUT2D eigenvalue weighted by molar-refractivity contribution is 5.73. The first-order chi connectivity index (χ1) is 8.10. The second-order valence-electron chi connectivity index (χ2n) is 5.50. The minimum Gasteiger partial charge on any atom is -0.370 e. The Balaban J connectivity index is 1.85. The summed E-state index contributed by atoms with van der Waals surface area (Å²) in [5.74, 6) is -0.194. The summed E-state index contributed by atoms with van der Waals surface area (Å²) in [5.41, 5.74) is 5.49. The monoisotopic (exact) mass is 240 g/mol. The van der Waals surface area contributed by atoms with Crippen LogP contribution in [0.5, 0.6) is 0 Å². The molecular weight excluding hydrogens is 216 g/mol. The Morgan fingerprint density at radius 2 is 2.06 bits per heavy atom. The summed E-state index contributed by atoms with van der Waals surface area (Å²) < 4.78 is 0. The van der Waals surface area contributed by atoms with Crippen LogP contribution in [0, 0.1) is 0 Å². The normalized spacial score (nSPS) is 26.2. The molecule has 1 spiro atoms. The van der Waals surface area contributed by atoms with E-state index in [1.165, 1.54) is 12.8 Å². The third-order valence-corrected chi connectivity index (χ3v) is 4.07. The molecule has 0 unspecified atom stereocenters. The van der Waals surface area contributed by atoms with Crippen LogP contribution < -0.4 is 11.1 Å². The van der Waals surface area contributed by atoms with Crippen LogP contribution in [0.3, 0.4) is 0 Å². The van der Waals surface area contributed by atoms with Gasteiger partial charge in [-0.15, -0.1) is 0 Å². The van der Waals surface area contributed by atoms with Crippen molar-refractivity contribution in [3.8, 4) is 0 Å². The zero-order valence-electron chi connectivity index (χ0n) is 10.7. The molecule has 0 atom stereocenters. The molecule has 2 aliphatic heterocycles. The molecule has 98 valence electrons. The second kappa shape index (κ2) is 5.33. The molecule has 2 fully saturated rings. The summed E-state index contributed by atoms with van der Waals surface area (Å²) in [5, 5.41) is 3.69. The summed E-state index contributed by atoms with van der Waals surface area (Å²) in [7, 11) is 2.18. The highest BCUT2D eigenvalue weighted by Crippen LogP contribution is 2.24. The molecule has 17 heavy (non-hydrogen) atoms. The van der Waals surface area contributed by atoms with E-state index in [2.05, 4.69) is 22.2 Å². The van der Waals surface area contributed by atoms with Gasteiger partial charge in [-0.05, 0) is 33.0 Å². The number of nitrogens with zero attached hydrogens (tertiary/aromatic N) is 2. The van der Waals surface area contributed by atoms with Crippen LogP contribution in [-0.4, -0.2) is 67.6 Å². The van der Waals surface area contributed by atoms with Crippen LogP contribution in [0.25, 0.3) is 0 Å². The van der Waals surface area contributed by atoms with E-state index in [1.807, 2.05) is 0 Å². The van der Waals surface area contributed by atoms with Gasteiger partial charge in [-0.3, -0.25) is 9.69 Å². The van der Waals surface area contributed by atoms with Crippen molar-refractivity contribution in [2.75, 3.05) is 46.3 Å². The van der Waals surface area contributed by atoms with Crippen molar-refractivity contribution in [3.63, 3.8) is 0 Å². The molecule has 0 bridgehead atoms. The highest BCUT2D eigenvalue weighted by Gasteiger charge is 2.37. The van der Waals surface area contributed by atoms with Gasteiger partial charge in [-0.25, -0.2) is 0 Å². The number of nitrogens with two attached hydrogens (primary N) is 1. The second-order valence-corrected chi connectivity index (χ2v) is 5.50. The lowest BCUT2D eigenvalue weighted by atomic mass is 9.85. The fourth-order valence-corrected chi connectivity index (χ4v) is 2.88. The van der Waals surface area contributed by atoms with Crippen molar-refractivity contribution >= 4 is 5.91 Å². The van der Waals surface area contributed by atoms with Crippen LogP contribution in [0.1, 0.15) is 19.3 Å². The largest absolute Gasteiger partial charge is 0.370 e. The van der Waals surface area contributed by atoms with Gasteiger partial charge in [0.25, 0.3) is 0 Å². The number of primary amides is 1. The molecule has 3 N–H and O–H groups in total. The summed E-state index contributed by atoms with van der Waals surface area (Å²) in [6.45, 7) is 6.27. The van der Waals surface area contributed by atoms with E-state index in [4.69, 9.17) is 5.73 Å². The van der Waals surface area contributed by atoms with Crippen LogP contribution in [0.4, 0.5) is 0 Å². The fourth-order valence-electron chi connectivity index (χ4n) is 2.88. The Bertz CT molecular complexity index is 274. The Hall–Kier alpha value is -0.650. The van der Waals surface area contributed by atoms with E-state index in [0.717, 1.165) is 39.3 Å². The number of rotatable bonds is 3. The van der Waals surface area contributed by atoms with Crippen molar-refractivity contribution in [1.82, 2.24) is 15.1 Å². The van der Waals surface area contributed by atoms with Crippen molar-refractivity contribution in [2.24, 2.45) is 5.73 Å². The Labute approximate surface area is 103 Å². The first kappa shape index (κ1) is 12.8. The molecule has 0 aromatic heterocycles. The van der Waals surface area contributed by atoms with Crippen LogP contribution in [-0.2, 0) is 4.79 Å². The van der Waals surface area contributed by atoms with Gasteiger partial charge in [-0.2, -0.15) is 0 Å². The molecule has 0 saturated carbocycles. The summed E-state index contributed by atoms with van der Waals surface area (Å²) in [6, 6.07) is 0. The van der Waals surface area contributed by atoms with Crippen molar-refractivity contribution < 1.29 is 4.79 Å². The third kappa shape index (κ3) is 3.40. The summed E-state index contributed by atoms with van der Waals surface area (Å²) in [6.07, 6.45) is 2.89. The van der Waals surface area contributed by atoms with Gasteiger partial charge in [0.2, 0.25) is 5.91 Å². The number of carbonyl (C=O) groups is 1. The van der Waals surface area contributed by atoms with E-state index >= 15 is 0 Å². The first-order valence-corrected chi connectivity index (χ1v) is 6.54. The maximum absolute atomic E-state index is 10.8. The maximum Gasteiger partial charge on any atom is 0.218 e. The van der Waals surface area contributed by atoms with E-state index in [9.17, 15) is 4.79 Å². The fraction of sp³-hybridized carbons (Fsp3) is 0.917. The lowest BCUT2D eigenvalue weighted by Crippen LogP contribution is -2.63. The van der Waals surface area contributed by atoms with Gasteiger partial charge in [0.05, 0.1) is 0 Å². The van der Waals surface area contributed by atoms with Gasteiger partial charge in [0, 0.05) is 38.1 Å². The highest BCUT2D eigenvalue weighted by atomic mass is 16.1. The number of hydrogen-bond acceptors (Lipinski definition) is 4.